The molecule has 0 aromatic carbocycles. The molecule has 1 saturated heterocycles. The van der Waals surface area contributed by atoms with Gasteiger partial charge in [0.2, 0.25) is 0 Å². The molecule has 1 saturated carbocycles. The van der Waals surface area contributed by atoms with Crippen LogP contribution in [-0.2, 0) is 0 Å². The highest BCUT2D eigenvalue weighted by molar-refractivity contribution is 5.73. The van der Waals surface area contributed by atoms with E-state index in [1.54, 1.807) is 19.0 Å². The third kappa shape index (κ3) is 4.33. The third-order valence-corrected chi connectivity index (χ3v) is 5.16. The second kappa shape index (κ2) is 7.45. The molecular formula is C16H31N3O2. The Morgan fingerprint density at radius 1 is 1.24 bits per heavy atom. The van der Waals surface area contributed by atoms with E-state index < -0.39 is 0 Å². The van der Waals surface area contributed by atoms with Crippen molar-refractivity contribution in [3.63, 3.8) is 0 Å². The summed E-state index contributed by atoms with van der Waals surface area (Å²) >= 11 is 0. The Hall–Kier alpha value is -0.810. The van der Waals surface area contributed by atoms with Crippen molar-refractivity contribution in [1.82, 2.24) is 15.1 Å². The van der Waals surface area contributed by atoms with Crippen LogP contribution in [0.15, 0.2) is 0 Å². The second-order valence-corrected chi connectivity index (χ2v) is 7.04. The van der Waals surface area contributed by atoms with Crippen molar-refractivity contribution < 1.29 is 9.90 Å². The molecule has 0 aromatic rings. The SMILES string of the molecule is CN(C)C(=O)N1CCC(NCC2(CO)CCCCC2)CC1. The van der Waals surface area contributed by atoms with Crippen LogP contribution in [0.2, 0.25) is 0 Å². The largest absolute Gasteiger partial charge is 0.396 e. The number of aliphatic hydroxyl groups excluding tert-OH is 1. The summed E-state index contributed by atoms with van der Waals surface area (Å²) in [6.07, 6.45) is 8.13. The zero-order valence-corrected chi connectivity index (χ0v) is 13.6. The monoisotopic (exact) mass is 297 g/mol. The number of likely N-dealkylation sites (tertiary alicyclic amines) is 1. The van der Waals surface area contributed by atoms with Crippen LogP contribution < -0.4 is 5.32 Å². The molecule has 1 heterocycles. The molecule has 0 aromatic heterocycles. The van der Waals surface area contributed by atoms with E-state index in [0.717, 1.165) is 45.3 Å². The minimum Gasteiger partial charge on any atom is -0.396 e. The van der Waals surface area contributed by atoms with Crippen molar-refractivity contribution in [3.05, 3.63) is 0 Å². The Labute approximate surface area is 128 Å². The number of hydrogen-bond donors (Lipinski definition) is 2. The normalized spacial score (nSPS) is 23.1. The summed E-state index contributed by atoms with van der Waals surface area (Å²) in [6.45, 7) is 2.90. The van der Waals surface area contributed by atoms with Gasteiger partial charge in [0.05, 0.1) is 0 Å². The van der Waals surface area contributed by atoms with E-state index in [1.807, 2.05) is 4.90 Å². The topological polar surface area (TPSA) is 55.8 Å². The van der Waals surface area contributed by atoms with Gasteiger partial charge in [-0.1, -0.05) is 19.3 Å². The lowest BCUT2D eigenvalue weighted by Gasteiger charge is -2.39. The van der Waals surface area contributed by atoms with Gasteiger partial charge in [0.15, 0.2) is 0 Å². The molecule has 2 fully saturated rings. The molecule has 0 spiro atoms. The predicted octanol–water partition coefficient (Wildman–Crippen LogP) is 1.66. The van der Waals surface area contributed by atoms with Crippen molar-refractivity contribution in [2.75, 3.05) is 40.3 Å². The van der Waals surface area contributed by atoms with Crippen LogP contribution in [-0.4, -0.2) is 67.3 Å². The summed E-state index contributed by atoms with van der Waals surface area (Å²) in [5, 5.41) is 13.4. The predicted molar refractivity (Wildman–Crippen MR) is 84.3 cm³/mol. The molecule has 2 N–H and O–H groups in total. The van der Waals surface area contributed by atoms with Gasteiger partial charge in [-0.05, 0) is 25.7 Å². The minimum atomic E-state index is 0.106. The van der Waals surface area contributed by atoms with Crippen molar-refractivity contribution in [2.45, 2.75) is 51.0 Å². The molecule has 1 aliphatic carbocycles. The van der Waals surface area contributed by atoms with Crippen LogP contribution in [0, 0.1) is 5.41 Å². The molecule has 5 nitrogen and oxygen atoms in total. The van der Waals surface area contributed by atoms with Crippen LogP contribution in [0.4, 0.5) is 4.79 Å². The van der Waals surface area contributed by atoms with Crippen molar-refractivity contribution in [1.29, 1.82) is 0 Å². The van der Waals surface area contributed by atoms with Crippen LogP contribution >= 0.6 is 0 Å². The maximum absolute atomic E-state index is 11.9. The van der Waals surface area contributed by atoms with E-state index in [-0.39, 0.29) is 11.4 Å². The first-order chi connectivity index (χ1) is 10.1. The number of nitrogens with zero attached hydrogens (tertiary/aromatic N) is 2. The first-order valence-corrected chi connectivity index (χ1v) is 8.37. The van der Waals surface area contributed by atoms with Crippen molar-refractivity contribution in [3.8, 4) is 0 Å². The van der Waals surface area contributed by atoms with E-state index in [1.165, 1.54) is 19.3 Å². The van der Waals surface area contributed by atoms with Gasteiger partial charge in [0.25, 0.3) is 0 Å². The highest BCUT2D eigenvalue weighted by Crippen LogP contribution is 2.35. The molecule has 0 bridgehead atoms. The number of aliphatic hydroxyl groups is 1. The lowest BCUT2D eigenvalue weighted by molar-refractivity contribution is 0.0744. The van der Waals surface area contributed by atoms with Gasteiger partial charge in [-0.25, -0.2) is 4.79 Å². The van der Waals surface area contributed by atoms with Crippen LogP contribution in [0.25, 0.3) is 0 Å². The standard InChI is InChI=1S/C16H31N3O2/c1-18(2)15(21)19-10-6-14(7-11-19)17-12-16(13-20)8-4-3-5-9-16/h14,17,20H,3-13H2,1-2H3. The summed E-state index contributed by atoms with van der Waals surface area (Å²) in [5.41, 5.74) is 0.106. The molecule has 2 aliphatic rings. The van der Waals surface area contributed by atoms with E-state index in [2.05, 4.69) is 5.32 Å². The van der Waals surface area contributed by atoms with Gasteiger partial charge in [-0.15, -0.1) is 0 Å². The number of rotatable bonds is 4. The van der Waals surface area contributed by atoms with Crippen LogP contribution in [0.5, 0.6) is 0 Å². The van der Waals surface area contributed by atoms with Crippen LogP contribution in [0.1, 0.15) is 44.9 Å². The smallest absolute Gasteiger partial charge is 0.319 e. The fraction of sp³-hybridized carbons (Fsp3) is 0.938. The summed E-state index contributed by atoms with van der Waals surface area (Å²) in [6, 6.07) is 0.606. The average molecular weight is 297 g/mol. The van der Waals surface area contributed by atoms with Gasteiger partial charge < -0.3 is 20.2 Å². The fourth-order valence-electron chi connectivity index (χ4n) is 3.61. The third-order valence-electron chi connectivity index (χ3n) is 5.16. The number of carbonyl (C=O) groups excluding carboxylic acids is 1. The zero-order valence-electron chi connectivity index (χ0n) is 13.6. The molecule has 122 valence electrons. The highest BCUT2D eigenvalue weighted by atomic mass is 16.3. The van der Waals surface area contributed by atoms with Gasteiger partial charge in [-0.3, -0.25) is 0 Å². The average Bonchev–Trinajstić information content (AvgIpc) is 2.53. The summed E-state index contributed by atoms with van der Waals surface area (Å²) < 4.78 is 0. The number of nitrogens with one attached hydrogen (secondary N) is 1. The quantitative estimate of drug-likeness (QED) is 0.830. The molecular weight excluding hydrogens is 266 g/mol. The van der Waals surface area contributed by atoms with Gasteiger partial charge >= 0.3 is 6.03 Å². The van der Waals surface area contributed by atoms with Gasteiger partial charge in [0.1, 0.15) is 0 Å². The maximum atomic E-state index is 11.9. The Bertz CT molecular complexity index is 332. The second-order valence-electron chi connectivity index (χ2n) is 7.04. The molecule has 1 aliphatic heterocycles. The highest BCUT2D eigenvalue weighted by Gasteiger charge is 2.32. The van der Waals surface area contributed by atoms with E-state index in [0.29, 0.717) is 12.6 Å². The summed E-state index contributed by atoms with van der Waals surface area (Å²) in [5.74, 6) is 0. The Kier molecular flexibility index (Phi) is 5.88. The van der Waals surface area contributed by atoms with Crippen molar-refractivity contribution >= 4 is 6.03 Å². The molecule has 0 unspecified atom stereocenters. The number of urea groups is 1. The van der Waals surface area contributed by atoms with Crippen LogP contribution in [0.3, 0.4) is 0 Å². The number of amides is 2. The minimum absolute atomic E-state index is 0.106. The van der Waals surface area contributed by atoms with E-state index in [4.69, 9.17) is 0 Å². The molecule has 5 heteroatoms. The van der Waals surface area contributed by atoms with Crippen molar-refractivity contribution in [2.24, 2.45) is 5.41 Å². The first-order valence-electron chi connectivity index (χ1n) is 8.37. The Morgan fingerprint density at radius 2 is 1.86 bits per heavy atom. The summed E-state index contributed by atoms with van der Waals surface area (Å²) in [7, 11) is 3.61. The van der Waals surface area contributed by atoms with E-state index >= 15 is 0 Å². The molecule has 2 rings (SSSR count). The molecule has 0 radical (unpaired) electrons. The zero-order chi connectivity index (χ0) is 15.3. The first kappa shape index (κ1) is 16.6. The Morgan fingerprint density at radius 3 is 2.38 bits per heavy atom. The lowest BCUT2D eigenvalue weighted by atomic mass is 9.74. The lowest BCUT2D eigenvalue weighted by Crippen LogP contribution is -2.50. The molecule has 21 heavy (non-hydrogen) atoms. The maximum Gasteiger partial charge on any atom is 0.319 e. The van der Waals surface area contributed by atoms with E-state index in [9.17, 15) is 9.90 Å². The number of carbonyl (C=O) groups is 1. The molecule has 0 atom stereocenters. The Balaban J connectivity index is 1.74. The molecule has 2 amide bonds. The van der Waals surface area contributed by atoms with Gasteiger partial charge in [0, 0.05) is 51.8 Å². The fourth-order valence-corrected chi connectivity index (χ4v) is 3.61. The number of hydrogen-bond acceptors (Lipinski definition) is 3. The number of piperidine rings is 1. The van der Waals surface area contributed by atoms with Gasteiger partial charge in [-0.2, -0.15) is 0 Å². The summed E-state index contributed by atoms with van der Waals surface area (Å²) in [4.78, 5) is 15.5.